The summed E-state index contributed by atoms with van der Waals surface area (Å²) in [7, 11) is 0. The van der Waals surface area contributed by atoms with Crippen LogP contribution in [0.3, 0.4) is 0 Å². The Labute approximate surface area is 161 Å². The Morgan fingerprint density at radius 3 is 2.37 bits per heavy atom. The van der Waals surface area contributed by atoms with Crippen molar-refractivity contribution in [2.45, 2.75) is 13.5 Å². The van der Waals surface area contributed by atoms with Crippen molar-refractivity contribution < 1.29 is 0 Å². The molecule has 4 rings (SSSR count). The van der Waals surface area contributed by atoms with Crippen LogP contribution in [-0.4, -0.2) is 19.3 Å². The number of aromatic nitrogens is 4. The van der Waals surface area contributed by atoms with Gasteiger partial charge in [0.25, 0.3) is 5.56 Å². The normalized spacial score (nSPS) is 10.9. The Bertz CT molecular complexity index is 1130. The van der Waals surface area contributed by atoms with Gasteiger partial charge in [-0.2, -0.15) is 5.10 Å². The average Bonchev–Trinajstić information content (AvgIpc) is 3.07. The Hall–Kier alpha value is -3.18. The van der Waals surface area contributed by atoms with Crippen molar-refractivity contribution >= 4 is 11.6 Å². The van der Waals surface area contributed by atoms with Crippen molar-refractivity contribution in [1.29, 1.82) is 0 Å². The standard InChI is InChI=1S/C21H17ClN4O/c1-15-12-18(17-10-6-3-7-11-17)26(24-15)20-21(27)25(14-19(22)23-20)13-16-8-4-2-5-9-16/h2-12,14H,13H2,1H3. The van der Waals surface area contributed by atoms with Gasteiger partial charge in [-0.05, 0) is 18.6 Å². The highest BCUT2D eigenvalue weighted by Crippen LogP contribution is 2.22. The molecule has 0 bridgehead atoms. The van der Waals surface area contributed by atoms with Gasteiger partial charge in [0.1, 0.15) is 5.15 Å². The van der Waals surface area contributed by atoms with Crippen LogP contribution < -0.4 is 5.56 Å². The van der Waals surface area contributed by atoms with Crippen molar-refractivity contribution in [3.8, 4) is 17.1 Å². The molecule has 0 aliphatic carbocycles. The number of halogens is 1. The predicted molar refractivity (Wildman–Crippen MR) is 106 cm³/mol. The van der Waals surface area contributed by atoms with E-state index >= 15 is 0 Å². The van der Waals surface area contributed by atoms with E-state index in [4.69, 9.17) is 11.6 Å². The maximum atomic E-state index is 13.1. The highest BCUT2D eigenvalue weighted by atomic mass is 35.5. The third-order valence-corrected chi connectivity index (χ3v) is 4.41. The molecule has 0 saturated heterocycles. The van der Waals surface area contributed by atoms with E-state index in [-0.39, 0.29) is 16.5 Å². The summed E-state index contributed by atoms with van der Waals surface area (Å²) in [4.78, 5) is 17.4. The Morgan fingerprint density at radius 2 is 1.67 bits per heavy atom. The van der Waals surface area contributed by atoms with Gasteiger partial charge in [0.05, 0.1) is 17.9 Å². The summed E-state index contributed by atoms with van der Waals surface area (Å²) < 4.78 is 3.13. The van der Waals surface area contributed by atoms with Crippen molar-refractivity contribution in [2.75, 3.05) is 0 Å². The summed E-state index contributed by atoms with van der Waals surface area (Å²) >= 11 is 6.23. The van der Waals surface area contributed by atoms with Crippen LogP contribution in [-0.2, 0) is 6.54 Å². The van der Waals surface area contributed by atoms with Gasteiger partial charge >= 0.3 is 0 Å². The van der Waals surface area contributed by atoms with E-state index in [1.807, 2.05) is 73.7 Å². The highest BCUT2D eigenvalue weighted by molar-refractivity contribution is 6.29. The smallest absolute Gasteiger partial charge is 0.296 e. The largest absolute Gasteiger partial charge is 0.305 e. The fourth-order valence-corrected chi connectivity index (χ4v) is 3.20. The first-order valence-corrected chi connectivity index (χ1v) is 8.93. The third-order valence-electron chi connectivity index (χ3n) is 4.22. The number of benzene rings is 2. The van der Waals surface area contributed by atoms with E-state index in [1.165, 1.54) is 0 Å². The lowest BCUT2D eigenvalue weighted by atomic mass is 10.1. The number of aryl methyl sites for hydroxylation is 1. The first kappa shape index (κ1) is 17.2. The maximum Gasteiger partial charge on any atom is 0.296 e. The lowest BCUT2D eigenvalue weighted by molar-refractivity contribution is 0.715. The van der Waals surface area contributed by atoms with E-state index in [9.17, 15) is 4.79 Å². The second-order valence-electron chi connectivity index (χ2n) is 6.25. The zero-order valence-electron chi connectivity index (χ0n) is 14.7. The van der Waals surface area contributed by atoms with Gasteiger partial charge in [0.15, 0.2) is 0 Å². The topological polar surface area (TPSA) is 52.7 Å². The zero-order valence-corrected chi connectivity index (χ0v) is 15.5. The van der Waals surface area contributed by atoms with Crippen molar-refractivity contribution in [3.63, 3.8) is 0 Å². The molecule has 2 heterocycles. The number of rotatable bonds is 4. The summed E-state index contributed by atoms with van der Waals surface area (Å²) in [5.74, 6) is 0.186. The van der Waals surface area contributed by atoms with Crippen LogP contribution in [0.2, 0.25) is 5.15 Å². The van der Waals surface area contributed by atoms with Crippen LogP contribution in [0.1, 0.15) is 11.3 Å². The lowest BCUT2D eigenvalue weighted by Gasteiger charge is -2.11. The van der Waals surface area contributed by atoms with E-state index in [2.05, 4.69) is 10.1 Å². The minimum absolute atomic E-state index is 0.186. The first-order chi connectivity index (χ1) is 13.1. The fourth-order valence-electron chi connectivity index (χ4n) is 3.00. The zero-order chi connectivity index (χ0) is 18.8. The second kappa shape index (κ2) is 7.21. The van der Waals surface area contributed by atoms with Gasteiger partial charge in [-0.3, -0.25) is 4.79 Å². The molecular formula is C21H17ClN4O. The van der Waals surface area contributed by atoms with Crippen molar-refractivity contribution in [3.05, 3.63) is 99.7 Å². The molecule has 4 aromatic rings. The molecule has 2 aromatic heterocycles. The highest BCUT2D eigenvalue weighted by Gasteiger charge is 2.16. The Kier molecular flexibility index (Phi) is 4.60. The number of hydrogen-bond acceptors (Lipinski definition) is 3. The van der Waals surface area contributed by atoms with Gasteiger partial charge in [-0.1, -0.05) is 72.3 Å². The lowest BCUT2D eigenvalue weighted by Crippen LogP contribution is -2.27. The fraction of sp³-hybridized carbons (Fsp3) is 0.0952. The van der Waals surface area contributed by atoms with Crippen LogP contribution in [0, 0.1) is 6.92 Å². The SMILES string of the molecule is Cc1cc(-c2ccccc2)n(-c2nc(Cl)cn(Cc3ccccc3)c2=O)n1. The first-order valence-electron chi connectivity index (χ1n) is 8.55. The second-order valence-corrected chi connectivity index (χ2v) is 6.64. The van der Waals surface area contributed by atoms with Crippen molar-refractivity contribution in [1.82, 2.24) is 19.3 Å². The molecular weight excluding hydrogens is 360 g/mol. The van der Waals surface area contributed by atoms with Gasteiger partial charge in [0, 0.05) is 11.8 Å². The monoisotopic (exact) mass is 376 g/mol. The summed E-state index contributed by atoms with van der Waals surface area (Å²) in [6, 6.07) is 21.5. The summed E-state index contributed by atoms with van der Waals surface area (Å²) in [6.07, 6.45) is 1.55. The van der Waals surface area contributed by atoms with Gasteiger partial charge in [0.2, 0.25) is 5.82 Å². The predicted octanol–water partition coefficient (Wildman–Crippen LogP) is 4.11. The number of hydrogen-bond donors (Lipinski definition) is 0. The Balaban J connectivity index is 1.85. The molecule has 0 unspecified atom stereocenters. The molecule has 6 heteroatoms. The van der Waals surface area contributed by atoms with Gasteiger partial charge in [-0.25, -0.2) is 9.67 Å². The quantitative estimate of drug-likeness (QED) is 0.538. The molecule has 0 radical (unpaired) electrons. The molecule has 27 heavy (non-hydrogen) atoms. The van der Waals surface area contributed by atoms with Crippen molar-refractivity contribution in [2.24, 2.45) is 0 Å². The van der Waals surface area contributed by atoms with Crippen LogP contribution >= 0.6 is 11.6 Å². The average molecular weight is 377 g/mol. The van der Waals surface area contributed by atoms with Crippen LogP contribution in [0.4, 0.5) is 0 Å². The maximum absolute atomic E-state index is 13.1. The van der Waals surface area contributed by atoms with Crippen LogP contribution in [0.15, 0.2) is 77.7 Å². The molecule has 0 spiro atoms. The third kappa shape index (κ3) is 3.55. The molecule has 0 aliphatic rings. The summed E-state index contributed by atoms with van der Waals surface area (Å²) in [5, 5.41) is 4.73. The molecule has 0 fully saturated rings. The molecule has 0 atom stereocenters. The molecule has 0 saturated carbocycles. The van der Waals surface area contributed by atoms with Crippen LogP contribution in [0.5, 0.6) is 0 Å². The Morgan fingerprint density at radius 1 is 1.00 bits per heavy atom. The molecule has 134 valence electrons. The molecule has 0 amide bonds. The van der Waals surface area contributed by atoms with Crippen LogP contribution in [0.25, 0.3) is 17.1 Å². The summed E-state index contributed by atoms with van der Waals surface area (Å²) in [6.45, 7) is 2.30. The molecule has 0 N–H and O–H groups in total. The number of nitrogens with zero attached hydrogens (tertiary/aromatic N) is 4. The van der Waals surface area contributed by atoms with E-state index < -0.39 is 0 Å². The molecule has 5 nitrogen and oxygen atoms in total. The minimum Gasteiger partial charge on any atom is -0.305 e. The molecule has 2 aromatic carbocycles. The van der Waals surface area contributed by atoms with E-state index in [1.54, 1.807) is 15.4 Å². The summed E-state index contributed by atoms with van der Waals surface area (Å²) in [5.41, 5.74) is 3.31. The minimum atomic E-state index is -0.247. The van der Waals surface area contributed by atoms with E-state index in [0.717, 1.165) is 22.5 Å². The molecule has 0 aliphatic heterocycles. The van der Waals surface area contributed by atoms with Gasteiger partial charge in [-0.15, -0.1) is 0 Å². The van der Waals surface area contributed by atoms with E-state index in [0.29, 0.717) is 6.54 Å². The van der Waals surface area contributed by atoms with Gasteiger partial charge < -0.3 is 4.57 Å².